The van der Waals surface area contributed by atoms with Gasteiger partial charge in [0.05, 0.1) is 11.5 Å². The van der Waals surface area contributed by atoms with E-state index in [4.69, 9.17) is 15.6 Å². The number of aliphatic hydroxyl groups is 1. The Morgan fingerprint density at radius 3 is 2.79 bits per heavy atom. The maximum absolute atomic E-state index is 10.9. The topological polar surface area (TPSA) is 124 Å². The minimum Gasteiger partial charge on any atom is -0.433 e. The maximum atomic E-state index is 10.9. The average molecular weight is 262 g/mol. The first kappa shape index (κ1) is 12.7. The van der Waals surface area contributed by atoms with E-state index in [1.807, 2.05) is 0 Å². The van der Waals surface area contributed by atoms with Crippen LogP contribution in [0, 0.1) is 10.1 Å². The van der Waals surface area contributed by atoms with Crippen molar-refractivity contribution < 1.29 is 14.8 Å². The monoisotopic (exact) mass is 262 g/mol. The predicted molar refractivity (Wildman–Crippen MR) is 65.5 cm³/mol. The quantitative estimate of drug-likeness (QED) is 0.627. The third-order valence-electron chi connectivity index (χ3n) is 2.35. The smallest absolute Gasteiger partial charge is 0.372 e. The van der Waals surface area contributed by atoms with Crippen molar-refractivity contribution >= 4 is 11.5 Å². The van der Waals surface area contributed by atoms with Gasteiger partial charge in [-0.2, -0.15) is 4.98 Å². The van der Waals surface area contributed by atoms with Gasteiger partial charge in [-0.3, -0.25) is 10.1 Å². The number of anilines is 1. The number of nitrogen functional groups attached to an aromatic ring is 1. The number of nitrogens with zero attached hydrogens (tertiary/aromatic N) is 3. The van der Waals surface area contributed by atoms with E-state index >= 15 is 0 Å². The fourth-order valence-corrected chi connectivity index (χ4v) is 1.46. The van der Waals surface area contributed by atoms with Crippen LogP contribution in [0.3, 0.4) is 0 Å². The summed E-state index contributed by atoms with van der Waals surface area (Å²) in [5.41, 5.74) is 5.40. The molecule has 0 unspecified atom stereocenters. The lowest BCUT2D eigenvalue weighted by molar-refractivity contribution is -0.385. The van der Waals surface area contributed by atoms with Gasteiger partial charge in [0, 0.05) is 5.56 Å². The summed E-state index contributed by atoms with van der Waals surface area (Å²) in [5, 5.41) is 20.1. The maximum Gasteiger partial charge on any atom is 0.372 e. The van der Waals surface area contributed by atoms with Gasteiger partial charge >= 0.3 is 11.6 Å². The van der Waals surface area contributed by atoms with E-state index in [0.717, 1.165) is 6.33 Å². The highest BCUT2D eigenvalue weighted by Gasteiger charge is 2.23. The Labute approximate surface area is 107 Å². The molecule has 1 aromatic carbocycles. The van der Waals surface area contributed by atoms with Crippen molar-refractivity contribution in [3.63, 3.8) is 0 Å². The fourth-order valence-electron chi connectivity index (χ4n) is 1.46. The lowest BCUT2D eigenvalue weighted by atomic mass is 10.2. The molecule has 0 aliphatic carbocycles. The van der Waals surface area contributed by atoms with Crippen LogP contribution in [0.25, 0.3) is 0 Å². The summed E-state index contributed by atoms with van der Waals surface area (Å²) in [6.07, 6.45) is 1.07. The van der Waals surface area contributed by atoms with Crippen molar-refractivity contribution in [1.29, 1.82) is 0 Å². The second-order valence-corrected chi connectivity index (χ2v) is 3.54. The summed E-state index contributed by atoms with van der Waals surface area (Å²) < 4.78 is 5.34. The standard InChI is InChI=1S/C11H10N4O4/c12-10-9(15(17)18)11(14-6-13-10)19-8-4-2-1-3-7(8)5-16/h1-4,6,16H,5H2,(H2,12,13,14). The molecule has 0 atom stereocenters. The first-order valence-corrected chi connectivity index (χ1v) is 5.25. The molecule has 3 N–H and O–H groups in total. The first-order valence-electron chi connectivity index (χ1n) is 5.25. The lowest BCUT2D eigenvalue weighted by Crippen LogP contribution is -2.03. The Balaban J connectivity index is 2.44. The summed E-state index contributed by atoms with van der Waals surface area (Å²) in [5.74, 6) is -0.277. The molecule has 1 aromatic heterocycles. The summed E-state index contributed by atoms with van der Waals surface area (Å²) in [7, 11) is 0. The molecule has 1 heterocycles. The fraction of sp³-hybridized carbons (Fsp3) is 0.0909. The highest BCUT2D eigenvalue weighted by atomic mass is 16.6. The zero-order chi connectivity index (χ0) is 13.8. The number of para-hydroxylation sites is 1. The molecule has 0 aliphatic rings. The summed E-state index contributed by atoms with van der Waals surface area (Å²) in [6, 6.07) is 6.57. The van der Waals surface area contributed by atoms with E-state index in [1.165, 1.54) is 0 Å². The number of hydrogen-bond acceptors (Lipinski definition) is 7. The van der Waals surface area contributed by atoms with Crippen LogP contribution in [-0.4, -0.2) is 20.0 Å². The number of nitrogens with two attached hydrogens (primary N) is 1. The number of aromatic nitrogens is 2. The molecule has 19 heavy (non-hydrogen) atoms. The largest absolute Gasteiger partial charge is 0.433 e. The van der Waals surface area contributed by atoms with Gasteiger partial charge in [0.1, 0.15) is 12.1 Å². The molecule has 0 amide bonds. The van der Waals surface area contributed by atoms with E-state index in [9.17, 15) is 10.1 Å². The normalized spacial score (nSPS) is 10.2. The van der Waals surface area contributed by atoms with Crippen LogP contribution in [0.15, 0.2) is 30.6 Å². The molecule has 0 bridgehead atoms. The molecule has 0 aliphatic heterocycles. The summed E-state index contributed by atoms with van der Waals surface area (Å²) in [4.78, 5) is 17.4. The van der Waals surface area contributed by atoms with E-state index in [-0.39, 0.29) is 24.1 Å². The molecule has 0 radical (unpaired) electrons. The molecule has 0 saturated heterocycles. The van der Waals surface area contributed by atoms with Gasteiger partial charge in [-0.1, -0.05) is 18.2 Å². The molecule has 2 rings (SSSR count). The van der Waals surface area contributed by atoms with Crippen LogP contribution in [0.5, 0.6) is 11.6 Å². The lowest BCUT2D eigenvalue weighted by Gasteiger charge is -2.08. The van der Waals surface area contributed by atoms with Gasteiger partial charge in [0.15, 0.2) is 0 Å². The van der Waals surface area contributed by atoms with Crippen molar-refractivity contribution in [2.24, 2.45) is 0 Å². The number of hydrogen-bond donors (Lipinski definition) is 2. The average Bonchev–Trinajstić information content (AvgIpc) is 2.39. The summed E-state index contributed by atoms with van der Waals surface area (Å²) >= 11 is 0. The van der Waals surface area contributed by atoms with Crippen LogP contribution in [-0.2, 0) is 6.61 Å². The Hall–Kier alpha value is -2.74. The second kappa shape index (κ2) is 5.27. The van der Waals surface area contributed by atoms with Crippen LogP contribution in [0.1, 0.15) is 5.56 Å². The number of aliphatic hydroxyl groups excluding tert-OH is 1. The SMILES string of the molecule is Nc1ncnc(Oc2ccccc2CO)c1[N+](=O)[O-]. The van der Waals surface area contributed by atoms with Crippen molar-refractivity contribution in [2.45, 2.75) is 6.61 Å². The molecule has 8 nitrogen and oxygen atoms in total. The minimum absolute atomic E-state index is 0.259. The highest BCUT2D eigenvalue weighted by Crippen LogP contribution is 2.33. The summed E-state index contributed by atoms with van der Waals surface area (Å²) in [6.45, 7) is -0.259. The van der Waals surface area contributed by atoms with Crippen LogP contribution in [0.2, 0.25) is 0 Å². The third-order valence-corrected chi connectivity index (χ3v) is 2.35. The van der Waals surface area contributed by atoms with Crippen molar-refractivity contribution in [2.75, 3.05) is 5.73 Å². The van der Waals surface area contributed by atoms with Gasteiger partial charge in [-0.05, 0) is 6.07 Å². The zero-order valence-corrected chi connectivity index (χ0v) is 9.68. The number of rotatable bonds is 4. The van der Waals surface area contributed by atoms with Gasteiger partial charge in [-0.15, -0.1) is 0 Å². The van der Waals surface area contributed by atoms with E-state index in [0.29, 0.717) is 5.56 Å². The number of ether oxygens (including phenoxy) is 1. The number of benzene rings is 1. The van der Waals surface area contributed by atoms with Crippen LogP contribution < -0.4 is 10.5 Å². The Morgan fingerprint density at radius 1 is 1.37 bits per heavy atom. The van der Waals surface area contributed by atoms with E-state index in [1.54, 1.807) is 24.3 Å². The molecule has 0 fully saturated rings. The van der Waals surface area contributed by atoms with Gasteiger partial charge in [0.2, 0.25) is 5.82 Å². The van der Waals surface area contributed by atoms with Gasteiger partial charge in [0.25, 0.3) is 0 Å². The highest BCUT2D eigenvalue weighted by molar-refractivity contribution is 5.59. The molecule has 98 valence electrons. The predicted octanol–water partition coefficient (Wildman–Crippen LogP) is 1.25. The molecular weight excluding hydrogens is 252 g/mol. The van der Waals surface area contributed by atoms with Gasteiger partial charge in [-0.25, -0.2) is 4.98 Å². The first-order chi connectivity index (χ1) is 9.13. The van der Waals surface area contributed by atoms with Crippen molar-refractivity contribution in [3.8, 4) is 11.6 Å². The zero-order valence-electron chi connectivity index (χ0n) is 9.68. The molecule has 0 saturated carbocycles. The third kappa shape index (κ3) is 2.58. The van der Waals surface area contributed by atoms with Crippen LogP contribution in [0.4, 0.5) is 11.5 Å². The second-order valence-electron chi connectivity index (χ2n) is 3.54. The molecule has 0 spiro atoms. The Kier molecular flexibility index (Phi) is 3.53. The van der Waals surface area contributed by atoms with Crippen molar-refractivity contribution in [3.05, 3.63) is 46.3 Å². The minimum atomic E-state index is -0.716. The Bertz CT molecular complexity index is 617. The molecule has 2 aromatic rings. The van der Waals surface area contributed by atoms with E-state index in [2.05, 4.69) is 9.97 Å². The van der Waals surface area contributed by atoms with Crippen molar-refractivity contribution in [1.82, 2.24) is 9.97 Å². The van der Waals surface area contributed by atoms with E-state index < -0.39 is 10.6 Å². The molecular formula is C11H10N4O4. The van der Waals surface area contributed by atoms with Gasteiger partial charge < -0.3 is 15.6 Å². The number of nitro groups is 1. The molecule has 8 heteroatoms. The Morgan fingerprint density at radius 2 is 2.11 bits per heavy atom. The van der Waals surface area contributed by atoms with Crippen LogP contribution >= 0.6 is 0 Å².